The minimum atomic E-state index is -0.750. The van der Waals surface area contributed by atoms with Crippen LogP contribution in [0.25, 0.3) is 0 Å². The highest BCUT2D eigenvalue weighted by atomic mass is 16.4. The molecule has 0 aliphatic carbocycles. The van der Waals surface area contributed by atoms with Crippen LogP contribution in [0.3, 0.4) is 0 Å². The van der Waals surface area contributed by atoms with Crippen molar-refractivity contribution in [1.82, 2.24) is 4.90 Å². The van der Waals surface area contributed by atoms with Crippen LogP contribution in [0.1, 0.15) is 33.3 Å². The second-order valence-electron chi connectivity index (χ2n) is 5.66. The average molecular weight is 249 g/mol. The number of rotatable bonds is 5. The monoisotopic (exact) mass is 249 g/mol. The fraction of sp³-hybridized carbons (Fsp3) is 0.533. The van der Waals surface area contributed by atoms with E-state index in [1.54, 1.807) is 0 Å². The van der Waals surface area contributed by atoms with Gasteiger partial charge in [0.1, 0.15) is 6.04 Å². The average Bonchev–Trinajstić information content (AvgIpc) is 2.27. The van der Waals surface area contributed by atoms with E-state index in [9.17, 15) is 9.90 Å². The molecule has 3 heteroatoms. The van der Waals surface area contributed by atoms with Crippen LogP contribution in [-0.4, -0.2) is 28.6 Å². The standard InChI is InChI=1S/C15H23NO2/c1-5-16(11-12-9-7-6-8-10-12)13(14(17)18)15(2,3)4/h6-10,13H,5,11H2,1-4H3,(H,17,18). The SMILES string of the molecule is CCN(Cc1ccccc1)C(C(=O)O)C(C)(C)C. The summed E-state index contributed by atoms with van der Waals surface area (Å²) in [6.07, 6.45) is 0. The first-order valence-corrected chi connectivity index (χ1v) is 6.37. The summed E-state index contributed by atoms with van der Waals surface area (Å²) in [4.78, 5) is 13.5. The molecule has 0 saturated carbocycles. The van der Waals surface area contributed by atoms with Crippen molar-refractivity contribution in [3.63, 3.8) is 0 Å². The molecule has 0 saturated heterocycles. The van der Waals surface area contributed by atoms with Crippen LogP contribution in [0, 0.1) is 5.41 Å². The normalized spacial score (nSPS) is 13.6. The van der Waals surface area contributed by atoms with Gasteiger partial charge in [0.15, 0.2) is 0 Å². The lowest BCUT2D eigenvalue weighted by molar-refractivity contribution is -0.148. The minimum absolute atomic E-state index is 0.281. The lowest BCUT2D eigenvalue weighted by Crippen LogP contribution is -2.48. The molecule has 0 amide bonds. The van der Waals surface area contributed by atoms with E-state index in [4.69, 9.17) is 0 Å². The first kappa shape index (κ1) is 14.7. The van der Waals surface area contributed by atoms with Crippen LogP contribution in [0.5, 0.6) is 0 Å². The van der Waals surface area contributed by atoms with Gasteiger partial charge in [-0.2, -0.15) is 0 Å². The molecule has 1 aromatic rings. The Labute approximate surface area is 109 Å². The third-order valence-electron chi connectivity index (χ3n) is 3.05. The summed E-state index contributed by atoms with van der Waals surface area (Å²) >= 11 is 0. The van der Waals surface area contributed by atoms with Crippen LogP contribution in [-0.2, 0) is 11.3 Å². The quantitative estimate of drug-likeness (QED) is 0.872. The van der Waals surface area contributed by atoms with Gasteiger partial charge in [0.05, 0.1) is 0 Å². The lowest BCUT2D eigenvalue weighted by Gasteiger charge is -2.36. The first-order valence-electron chi connectivity index (χ1n) is 6.37. The van der Waals surface area contributed by atoms with Crippen LogP contribution in [0.2, 0.25) is 0 Å². The molecule has 100 valence electrons. The van der Waals surface area contributed by atoms with Gasteiger partial charge in [-0.3, -0.25) is 9.69 Å². The molecule has 1 atom stereocenters. The van der Waals surface area contributed by atoms with Gasteiger partial charge >= 0.3 is 5.97 Å². The Morgan fingerprint density at radius 1 is 1.28 bits per heavy atom. The van der Waals surface area contributed by atoms with E-state index in [2.05, 4.69) is 0 Å². The third kappa shape index (κ3) is 3.84. The summed E-state index contributed by atoms with van der Waals surface area (Å²) in [5.41, 5.74) is 0.867. The van der Waals surface area contributed by atoms with Gasteiger partial charge in [-0.15, -0.1) is 0 Å². The second kappa shape index (κ2) is 6.01. The van der Waals surface area contributed by atoms with Gasteiger partial charge < -0.3 is 5.11 Å². The van der Waals surface area contributed by atoms with E-state index in [0.29, 0.717) is 6.54 Å². The van der Waals surface area contributed by atoms with Crippen molar-refractivity contribution in [3.8, 4) is 0 Å². The number of carboxylic acid groups (broad SMARTS) is 1. The van der Waals surface area contributed by atoms with E-state index in [-0.39, 0.29) is 5.41 Å². The molecule has 3 nitrogen and oxygen atoms in total. The molecule has 0 aliphatic rings. The Hall–Kier alpha value is -1.35. The summed E-state index contributed by atoms with van der Waals surface area (Å²) in [7, 11) is 0. The summed E-state index contributed by atoms with van der Waals surface area (Å²) in [6.45, 7) is 9.32. The Bertz CT molecular complexity index is 381. The number of carbonyl (C=O) groups is 1. The molecular formula is C15H23NO2. The van der Waals surface area contributed by atoms with Crippen molar-refractivity contribution in [3.05, 3.63) is 35.9 Å². The van der Waals surface area contributed by atoms with Crippen molar-refractivity contribution >= 4 is 5.97 Å². The number of likely N-dealkylation sites (N-methyl/N-ethyl adjacent to an activating group) is 1. The Morgan fingerprint density at radius 3 is 2.22 bits per heavy atom. The van der Waals surface area contributed by atoms with Crippen molar-refractivity contribution in [2.45, 2.75) is 40.3 Å². The lowest BCUT2D eigenvalue weighted by atomic mass is 9.85. The third-order valence-corrected chi connectivity index (χ3v) is 3.05. The maximum absolute atomic E-state index is 11.5. The predicted octanol–water partition coefficient (Wildman–Crippen LogP) is 3.01. The molecule has 1 aromatic carbocycles. The first-order chi connectivity index (χ1) is 8.36. The maximum Gasteiger partial charge on any atom is 0.321 e. The maximum atomic E-state index is 11.5. The highest BCUT2D eigenvalue weighted by Gasteiger charge is 2.35. The molecule has 0 fully saturated rings. The summed E-state index contributed by atoms with van der Waals surface area (Å²) in [6, 6.07) is 9.53. The summed E-state index contributed by atoms with van der Waals surface area (Å²) < 4.78 is 0. The molecule has 0 aromatic heterocycles. The van der Waals surface area contributed by atoms with E-state index < -0.39 is 12.0 Å². The number of hydrogen-bond donors (Lipinski definition) is 1. The van der Waals surface area contributed by atoms with Crippen LogP contribution < -0.4 is 0 Å². The molecule has 0 bridgehead atoms. The highest BCUT2D eigenvalue weighted by molar-refractivity contribution is 5.74. The molecule has 0 aliphatic heterocycles. The second-order valence-corrected chi connectivity index (χ2v) is 5.66. The topological polar surface area (TPSA) is 40.5 Å². The van der Waals surface area contributed by atoms with E-state index in [1.807, 2.05) is 62.9 Å². The fourth-order valence-corrected chi connectivity index (χ4v) is 2.28. The Kier molecular flexibility index (Phi) is 4.91. The number of aliphatic carboxylic acids is 1. The highest BCUT2D eigenvalue weighted by Crippen LogP contribution is 2.26. The molecule has 1 unspecified atom stereocenters. The van der Waals surface area contributed by atoms with Crippen LogP contribution in [0.15, 0.2) is 30.3 Å². The van der Waals surface area contributed by atoms with Gasteiger partial charge in [0, 0.05) is 6.54 Å². The van der Waals surface area contributed by atoms with Crippen molar-refractivity contribution < 1.29 is 9.90 Å². The van der Waals surface area contributed by atoms with Crippen molar-refractivity contribution in [2.75, 3.05) is 6.54 Å². The molecular weight excluding hydrogens is 226 g/mol. The van der Waals surface area contributed by atoms with E-state index >= 15 is 0 Å². The molecule has 1 N–H and O–H groups in total. The summed E-state index contributed by atoms with van der Waals surface area (Å²) in [5.74, 6) is -0.750. The van der Waals surface area contributed by atoms with Crippen molar-refractivity contribution in [2.24, 2.45) is 5.41 Å². The van der Waals surface area contributed by atoms with Crippen LogP contribution >= 0.6 is 0 Å². The molecule has 0 radical (unpaired) electrons. The molecule has 0 spiro atoms. The van der Waals surface area contributed by atoms with Crippen LogP contribution in [0.4, 0.5) is 0 Å². The number of hydrogen-bond acceptors (Lipinski definition) is 2. The number of benzene rings is 1. The number of carboxylic acids is 1. The molecule has 18 heavy (non-hydrogen) atoms. The predicted molar refractivity (Wildman–Crippen MR) is 73.4 cm³/mol. The molecule has 0 heterocycles. The summed E-state index contributed by atoms with van der Waals surface area (Å²) in [5, 5.41) is 9.45. The van der Waals surface area contributed by atoms with Gasteiger partial charge in [-0.05, 0) is 17.5 Å². The zero-order valence-electron chi connectivity index (χ0n) is 11.7. The van der Waals surface area contributed by atoms with Gasteiger partial charge in [-0.1, -0.05) is 58.0 Å². The van der Waals surface area contributed by atoms with Gasteiger partial charge in [0.2, 0.25) is 0 Å². The zero-order valence-corrected chi connectivity index (χ0v) is 11.7. The number of nitrogens with zero attached hydrogens (tertiary/aromatic N) is 1. The molecule has 1 rings (SSSR count). The van der Waals surface area contributed by atoms with Crippen molar-refractivity contribution in [1.29, 1.82) is 0 Å². The van der Waals surface area contributed by atoms with E-state index in [1.165, 1.54) is 0 Å². The largest absolute Gasteiger partial charge is 0.480 e. The zero-order chi connectivity index (χ0) is 13.8. The van der Waals surface area contributed by atoms with Gasteiger partial charge in [0.25, 0.3) is 0 Å². The Balaban J connectivity index is 2.90. The fourth-order valence-electron chi connectivity index (χ4n) is 2.28. The Morgan fingerprint density at radius 2 is 1.83 bits per heavy atom. The smallest absolute Gasteiger partial charge is 0.321 e. The van der Waals surface area contributed by atoms with E-state index in [0.717, 1.165) is 12.1 Å². The van der Waals surface area contributed by atoms with Gasteiger partial charge in [-0.25, -0.2) is 0 Å². The minimum Gasteiger partial charge on any atom is -0.480 e.